The van der Waals surface area contributed by atoms with Gasteiger partial charge < -0.3 is 14.6 Å². The van der Waals surface area contributed by atoms with Crippen LogP contribution in [-0.4, -0.2) is 29.9 Å². The van der Waals surface area contributed by atoms with Crippen LogP contribution in [0.1, 0.15) is 29.0 Å². The van der Waals surface area contributed by atoms with E-state index in [2.05, 4.69) is 11.4 Å². The summed E-state index contributed by atoms with van der Waals surface area (Å²) in [7, 11) is 0. The largest absolute Gasteiger partial charge is 0.459 e. The van der Waals surface area contributed by atoms with Crippen LogP contribution in [0.15, 0.2) is 41.0 Å². The average Bonchev–Trinajstić information content (AvgIpc) is 3.11. The zero-order valence-corrected chi connectivity index (χ0v) is 13.2. The first-order valence-corrected chi connectivity index (χ1v) is 7.84. The number of furan rings is 1. The van der Waals surface area contributed by atoms with Gasteiger partial charge in [0.2, 0.25) is 0 Å². The van der Waals surface area contributed by atoms with Crippen LogP contribution in [0.4, 0.5) is 5.69 Å². The summed E-state index contributed by atoms with van der Waals surface area (Å²) in [6.07, 6.45) is 3.14. The highest BCUT2D eigenvalue weighted by atomic mass is 35.5. The maximum Gasteiger partial charge on any atom is 0.289 e. The Labute approximate surface area is 139 Å². The topological polar surface area (TPSA) is 69.3 Å². The lowest BCUT2D eigenvalue weighted by Crippen LogP contribution is -2.42. The Bertz CT molecular complexity index is 729. The third-order valence-electron chi connectivity index (χ3n) is 3.98. The molecule has 0 unspecified atom stereocenters. The number of carbonyl (C=O) groups is 1. The molecule has 23 heavy (non-hydrogen) atoms. The quantitative estimate of drug-likeness (QED) is 0.935. The first-order valence-electron chi connectivity index (χ1n) is 7.46. The molecule has 1 N–H and O–H groups in total. The predicted molar refractivity (Wildman–Crippen MR) is 87.4 cm³/mol. The Morgan fingerprint density at radius 1 is 1.35 bits per heavy atom. The fraction of sp³-hybridized carbons (Fsp3) is 0.294. The van der Waals surface area contributed by atoms with Crippen molar-refractivity contribution in [2.45, 2.75) is 18.9 Å². The number of nitrogens with zero attached hydrogens (tertiary/aromatic N) is 2. The number of hydrogen-bond acceptors (Lipinski definition) is 4. The zero-order valence-electron chi connectivity index (χ0n) is 12.5. The number of amides is 1. The van der Waals surface area contributed by atoms with Crippen molar-refractivity contribution in [3.8, 4) is 6.07 Å². The number of anilines is 1. The highest BCUT2D eigenvalue weighted by Gasteiger charge is 2.25. The molecule has 1 amide bonds. The molecule has 0 spiro atoms. The van der Waals surface area contributed by atoms with Crippen molar-refractivity contribution in [3.05, 3.63) is 52.9 Å². The molecule has 0 radical (unpaired) electrons. The second kappa shape index (κ2) is 6.76. The number of rotatable bonds is 3. The van der Waals surface area contributed by atoms with Gasteiger partial charge in [0.15, 0.2) is 5.76 Å². The summed E-state index contributed by atoms with van der Waals surface area (Å²) in [5.41, 5.74) is 1.32. The van der Waals surface area contributed by atoms with Gasteiger partial charge in [-0.25, -0.2) is 0 Å². The Morgan fingerprint density at radius 2 is 2.13 bits per heavy atom. The van der Waals surface area contributed by atoms with Gasteiger partial charge in [-0.1, -0.05) is 11.6 Å². The molecule has 1 aliphatic heterocycles. The van der Waals surface area contributed by atoms with E-state index >= 15 is 0 Å². The third-order valence-corrected chi connectivity index (χ3v) is 4.21. The van der Waals surface area contributed by atoms with Gasteiger partial charge >= 0.3 is 0 Å². The van der Waals surface area contributed by atoms with E-state index in [1.165, 1.54) is 6.26 Å². The number of carbonyl (C=O) groups excluding carboxylic acids is 1. The Hall–Kier alpha value is -2.45. The standard InChI is InChI=1S/C17H16ClN3O2/c18-13-3-4-15(12(10-13)11-19)20-14-5-7-21(8-6-14)17(22)16-2-1-9-23-16/h1-4,9-10,14,20H,5-8H2. The van der Waals surface area contributed by atoms with E-state index in [4.69, 9.17) is 16.0 Å². The van der Waals surface area contributed by atoms with Gasteiger partial charge in [0.05, 0.1) is 17.5 Å². The number of benzene rings is 1. The minimum absolute atomic E-state index is 0.0716. The Kier molecular flexibility index (Phi) is 4.54. The highest BCUT2D eigenvalue weighted by Crippen LogP contribution is 2.23. The summed E-state index contributed by atoms with van der Waals surface area (Å²) in [4.78, 5) is 14.0. The van der Waals surface area contributed by atoms with Crippen molar-refractivity contribution in [3.63, 3.8) is 0 Å². The van der Waals surface area contributed by atoms with Gasteiger partial charge in [-0.15, -0.1) is 0 Å². The van der Waals surface area contributed by atoms with Gasteiger partial charge in [0, 0.05) is 24.2 Å². The number of nitrogens with one attached hydrogen (secondary N) is 1. The second-order valence-corrected chi connectivity index (χ2v) is 5.93. The summed E-state index contributed by atoms with van der Waals surface area (Å²) >= 11 is 5.91. The van der Waals surface area contributed by atoms with Gasteiger partial charge in [-0.2, -0.15) is 5.26 Å². The van der Waals surface area contributed by atoms with Crippen molar-refractivity contribution in [2.24, 2.45) is 0 Å². The van der Waals surface area contributed by atoms with E-state index in [0.29, 0.717) is 29.4 Å². The lowest BCUT2D eigenvalue weighted by Gasteiger charge is -2.32. The molecule has 1 aromatic carbocycles. The maximum absolute atomic E-state index is 12.2. The number of halogens is 1. The molecule has 1 fully saturated rings. The minimum Gasteiger partial charge on any atom is -0.459 e. The van der Waals surface area contributed by atoms with Gasteiger partial charge in [0.1, 0.15) is 6.07 Å². The molecular formula is C17H16ClN3O2. The van der Waals surface area contributed by atoms with Crippen LogP contribution in [0.2, 0.25) is 5.02 Å². The molecule has 3 rings (SSSR count). The summed E-state index contributed by atoms with van der Waals surface area (Å²) < 4.78 is 5.16. The lowest BCUT2D eigenvalue weighted by atomic mass is 10.0. The molecule has 0 atom stereocenters. The van der Waals surface area contributed by atoms with Crippen LogP contribution in [0.5, 0.6) is 0 Å². The van der Waals surface area contributed by atoms with E-state index < -0.39 is 0 Å². The molecular weight excluding hydrogens is 314 g/mol. The molecule has 0 bridgehead atoms. The van der Waals surface area contributed by atoms with Crippen LogP contribution in [0, 0.1) is 11.3 Å². The van der Waals surface area contributed by atoms with Crippen molar-refractivity contribution < 1.29 is 9.21 Å². The van der Waals surface area contributed by atoms with Gasteiger partial charge in [-0.3, -0.25) is 4.79 Å². The molecule has 0 saturated carbocycles. The van der Waals surface area contributed by atoms with Crippen molar-refractivity contribution in [2.75, 3.05) is 18.4 Å². The maximum atomic E-state index is 12.2. The number of hydrogen-bond donors (Lipinski definition) is 1. The highest BCUT2D eigenvalue weighted by molar-refractivity contribution is 6.30. The van der Waals surface area contributed by atoms with Crippen LogP contribution in [0.3, 0.4) is 0 Å². The third kappa shape index (κ3) is 3.49. The predicted octanol–water partition coefficient (Wildman–Crippen LogP) is 3.52. The molecule has 1 aliphatic rings. The number of piperidine rings is 1. The van der Waals surface area contributed by atoms with Crippen LogP contribution in [-0.2, 0) is 0 Å². The molecule has 2 aromatic rings. The monoisotopic (exact) mass is 329 g/mol. The van der Waals surface area contributed by atoms with Crippen molar-refractivity contribution in [1.82, 2.24) is 4.90 Å². The average molecular weight is 330 g/mol. The van der Waals surface area contributed by atoms with E-state index in [1.54, 1.807) is 29.2 Å². The van der Waals surface area contributed by atoms with Gasteiger partial charge in [-0.05, 0) is 43.2 Å². The summed E-state index contributed by atoms with van der Waals surface area (Å²) in [6, 6.07) is 11.0. The van der Waals surface area contributed by atoms with Crippen LogP contribution >= 0.6 is 11.6 Å². The molecule has 5 nitrogen and oxygen atoms in total. The minimum atomic E-state index is -0.0716. The SMILES string of the molecule is N#Cc1cc(Cl)ccc1NC1CCN(C(=O)c2ccco2)CC1. The van der Waals surface area contributed by atoms with Crippen molar-refractivity contribution >= 4 is 23.2 Å². The Morgan fingerprint density at radius 3 is 2.78 bits per heavy atom. The van der Waals surface area contributed by atoms with Crippen LogP contribution in [0.25, 0.3) is 0 Å². The smallest absolute Gasteiger partial charge is 0.289 e. The second-order valence-electron chi connectivity index (χ2n) is 5.49. The first-order chi connectivity index (χ1) is 11.2. The van der Waals surface area contributed by atoms with E-state index in [1.807, 2.05) is 6.07 Å². The molecule has 6 heteroatoms. The number of likely N-dealkylation sites (tertiary alicyclic amines) is 1. The number of nitriles is 1. The van der Waals surface area contributed by atoms with E-state index in [9.17, 15) is 10.1 Å². The summed E-state index contributed by atoms with van der Waals surface area (Å²) in [5.74, 6) is 0.304. The van der Waals surface area contributed by atoms with E-state index in [-0.39, 0.29) is 11.9 Å². The normalized spacial score (nSPS) is 15.2. The Balaban J connectivity index is 1.60. The van der Waals surface area contributed by atoms with Crippen molar-refractivity contribution in [1.29, 1.82) is 5.26 Å². The van der Waals surface area contributed by atoms with Crippen LogP contribution < -0.4 is 5.32 Å². The molecule has 118 valence electrons. The van der Waals surface area contributed by atoms with Gasteiger partial charge in [0.25, 0.3) is 5.91 Å². The lowest BCUT2D eigenvalue weighted by molar-refractivity contribution is 0.0686. The fourth-order valence-electron chi connectivity index (χ4n) is 2.74. The molecule has 0 aliphatic carbocycles. The molecule has 1 saturated heterocycles. The van der Waals surface area contributed by atoms with E-state index in [0.717, 1.165) is 18.5 Å². The fourth-order valence-corrected chi connectivity index (χ4v) is 2.91. The first kappa shape index (κ1) is 15.4. The molecule has 2 heterocycles. The summed E-state index contributed by atoms with van der Waals surface area (Å²) in [5, 5.41) is 13.1. The molecule has 1 aromatic heterocycles. The summed E-state index contributed by atoms with van der Waals surface area (Å²) in [6.45, 7) is 1.32. The zero-order chi connectivity index (χ0) is 16.2.